The molecule has 3 aromatic carbocycles. The molecular formula is C33H31N3O5S2. The number of amides is 2. The van der Waals surface area contributed by atoms with E-state index in [4.69, 9.17) is 12.2 Å². The van der Waals surface area contributed by atoms with Crippen molar-refractivity contribution in [1.29, 1.82) is 0 Å². The van der Waals surface area contributed by atoms with Gasteiger partial charge in [-0.3, -0.25) is 23.9 Å². The minimum absolute atomic E-state index is 0.0480. The lowest BCUT2D eigenvalue weighted by Crippen LogP contribution is -2.57. The summed E-state index contributed by atoms with van der Waals surface area (Å²) < 4.78 is 33.3. The summed E-state index contributed by atoms with van der Waals surface area (Å²) in [4.78, 5) is 32.0. The van der Waals surface area contributed by atoms with Crippen LogP contribution in [0, 0.1) is 0 Å². The van der Waals surface area contributed by atoms with Gasteiger partial charge in [-0.2, -0.15) is 8.42 Å². The maximum absolute atomic E-state index is 13.7. The number of allylic oxidation sites excluding steroid dienone is 5. The monoisotopic (exact) mass is 613 g/mol. The molecule has 0 aromatic heterocycles. The van der Waals surface area contributed by atoms with E-state index in [1.54, 1.807) is 66.7 Å². The number of fused-ring (bicyclic) bond motifs is 1. The predicted molar refractivity (Wildman–Crippen MR) is 173 cm³/mol. The summed E-state index contributed by atoms with van der Waals surface area (Å²) in [5.74, 6) is -1.05. The molecule has 5 rings (SSSR count). The minimum atomic E-state index is -4.36. The number of thiocarbonyl (C=S) groups is 1. The third-order valence-electron chi connectivity index (χ3n) is 7.51. The first kappa shape index (κ1) is 30.1. The fourth-order valence-electron chi connectivity index (χ4n) is 5.44. The van der Waals surface area contributed by atoms with Crippen LogP contribution in [-0.4, -0.2) is 36.4 Å². The van der Waals surface area contributed by atoms with Crippen LogP contribution in [-0.2, 0) is 25.1 Å². The van der Waals surface area contributed by atoms with Crippen molar-refractivity contribution in [3.63, 3.8) is 0 Å². The molecule has 2 aliphatic rings. The Hall–Kier alpha value is -4.38. The second-order valence-electron chi connectivity index (χ2n) is 10.7. The van der Waals surface area contributed by atoms with Crippen LogP contribution in [0.5, 0.6) is 0 Å². The number of carbonyl (C=O) groups excluding carboxylic acids is 2. The molecule has 0 unspecified atom stereocenters. The van der Waals surface area contributed by atoms with Gasteiger partial charge in [-0.15, -0.1) is 0 Å². The molecule has 0 spiro atoms. The smallest absolute Gasteiger partial charge is 0.294 e. The largest absolute Gasteiger partial charge is 0.344 e. The molecule has 2 aliphatic heterocycles. The van der Waals surface area contributed by atoms with Crippen molar-refractivity contribution in [3.8, 4) is 0 Å². The third-order valence-corrected chi connectivity index (χ3v) is 8.73. The van der Waals surface area contributed by atoms with E-state index in [-0.39, 0.29) is 15.6 Å². The van der Waals surface area contributed by atoms with Gasteiger partial charge in [0.2, 0.25) is 0 Å². The molecule has 0 bridgehead atoms. The Morgan fingerprint density at radius 3 is 1.88 bits per heavy atom. The van der Waals surface area contributed by atoms with Gasteiger partial charge in [0.15, 0.2) is 5.11 Å². The zero-order valence-corrected chi connectivity index (χ0v) is 25.6. The van der Waals surface area contributed by atoms with Crippen molar-refractivity contribution in [3.05, 3.63) is 120 Å². The molecule has 1 saturated heterocycles. The molecule has 10 heteroatoms. The molecule has 220 valence electrons. The zero-order valence-electron chi connectivity index (χ0n) is 24.0. The van der Waals surface area contributed by atoms with Gasteiger partial charge in [-0.05, 0) is 78.8 Å². The zero-order chi connectivity index (χ0) is 30.9. The van der Waals surface area contributed by atoms with E-state index in [9.17, 15) is 22.6 Å². The lowest BCUT2D eigenvalue weighted by atomic mass is 9.83. The number of hydrogen-bond donors (Lipinski definition) is 1. The number of hydrogen-bond acceptors (Lipinski definition) is 6. The summed E-state index contributed by atoms with van der Waals surface area (Å²) in [6.45, 7) is 6.71. The van der Waals surface area contributed by atoms with Crippen LogP contribution in [0.2, 0.25) is 0 Å². The molecule has 2 amide bonds. The Balaban J connectivity index is 1.53. The van der Waals surface area contributed by atoms with E-state index in [0.717, 1.165) is 23.4 Å². The van der Waals surface area contributed by atoms with E-state index in [0.29, 0.717) is 17.9 Å². The Kier molecular flexibility index (Phi) is 8.20. The molecule has 1 fully saturated rings. The van der Waals surface area contributed by atoms with Crippen LogP contribution in [0.25, 0.3) is 0 Å². The third kappa shape index (κ3) is 5.56. The van der Waals surface area contributed by atoms with Gasteiger partial charge in [-0.1, -0.05) is 69.3 Å². The van der Waals surface area contributed by atoms with Gasteiger partial charge in [0.25, 0.3) is 21.9 Å². The first-order valence-electron chi connectivity index (χ1n) is 13.8. The van der Waals surface area contributed by atoms with Crippen LogP contribution in [0.3, 0.4) is 0 Å². The highest BCUT2D eigenvalue weighted by Crippen LogP contribution is 2.48. The fourth-order valence-corrected chi connectivity index (χ4v) is 6.32. The molecule has 1 N–H and O–H groups in total. The summed E-state index contributed by atoms with van der Waals surface area (Å²) in [5, 5.41) is 0.0700. The Bertz CT molecular complexity index is 1730. The highest BCUT2D eigenvalue weighted by molar-refractivity contribution is 7.85. The van der Waals surface area contributed by atoms with Crippen molar-refractivity contribution in [1.82, 2.24) is 0 Å². The average Bonchev–Trinajstić information content (AvgIpc) is 3.18. The predicted octanol–water partition coefficient (Wildman–Crippen LogP) is 6.17. The normalized spacial score (nSPS) is 17.8. The van der Waals surface area contributed by atoms with Crippen molar-refractivity contribution in [2.24, 2.45) is 0 Å². The standard InChI is InChI=1S/C33H31N3O5S2/c1-4-21-34-28-20-19-25(43(39,40)41)22-27(28)33(2,3)29(34)18-12-11-17-26-30(37)35(23-13-7-5-8-14-23)32(42)36(31(26)38)24-15-9-6-10-16-24/h5-20,22H,4,21H2,1-3H3,(H,39,40,41)/b12-11+,29-18+. The summed E-state index contributed by atoms with van der Waals surface area (Å²) in [7, 11) is -4.36. The first-order valence-corrected chi connectivity index (χ1v) is 15.6. The molecule has 0 aliphatic carbocycles. The molecular weight excluding hydrogens is 583 g/mol. The molecule has 0 radical (unpaired) electrons. The molecule has 0 saturated carbocycles. The van der Waals surface area contributed by atoms with Gasteiger partial charge < -0.3 is 4.90 Å². The number of rotatable bonds is 7. The Morgan fingerprint density at radius 2 is 1.37 bits per heavy atom. The number of benzene rings is 3. The Labute approximate surface area is 257 Å². The summed E-state index contributed by atoms with van der Waals surface area (Å²) in [6.07, 6.45) is 7.63. The quantitative estimate of drug-likeness (QED) is 0.147. The maximum Gasteiger partial charge on any atom is 0.294 e. The van der Waals surface area contributed by atoms with Crippen LogP contribution in [0.4, 0.5) is 17.1 Å². The molecule has 43 heavy (non-hydrogen) atoms. The van der Waals surface area contributed by atoms with Gasteiger partial charge in [0, 0.05) is 23.3 Å². The second-order valence-corrected chi connectivity index (χ2v) is 12.5. The van der Waals surface area contributed by atoms with Gasteiger partial charge >= 0.3 is 0 Å². The number of anilines is 3. The van der Waals surface area contributed by atoms with E-state index < -0.39 is 27.3 Å². The van der Waals surface area contributed by atoms with Gasteiger partial charge in [0.05, 0.1) is 16.3 Å². The summed E-state index contributed by atoms with van der Waals surface area (Å²) >= 11 is 5.65. The second kappa shape index (κ2) is 11.7. The first-order chi connectivity index (χ1) is 20.5. The van der Waals surface area contributed by atoms with Crippen LogP contribution < -0.4 is 14.7 Å². The summed E-state index contributed by atoms with van der Waals surface area (Å²) in [5.41, 5.74) is 3.01. The maximum atomic E-state index is 13.7. The number of nitrogens with zero attached hydrogens (tertiary/aromatic N) is 3. The van der Waals surface area contributed by atoms with Gasteiger partial charge in [-0.25, -0.2) is 0 Å². The number of para-hydroxylation sites is 2. The van der Waals surface area contributed by atoms with Crippen LogP contribution in [0.15, 0.2) is 119 Å². The van der Waals surface area contributed by atoms with E-state index >= 15 is 0 Å². The number of carbonyl (C=O) groups is 2. The molecule has 3 aromatic rings. The Morgan fingerprint density at radius 1 is 0.837 bits per heavy atom. The topological polar surface area (TPSA) is 98.2 Å². The van der Waals surface area contributed by atoms with Gasteiger partial charge in [0.1, 0.15) is 5.57 Å². The van der Waals surface area contributed by atoms with Crippen molar-refractivity contribution >= 4 is 56.3 Å². The summed E-state index contributed by atoms with van der Waals surface area (Å²) in [6, 6.07) is 22.5. The van der Waals surface area contributed by atoms with Crippen molar-refractivity contribution < 1.29 is 22.6 Å². The van der Waals surface area contributed by atoms with E-state index in [1.807, 2.05) is 32.1 Å². The average molecular weight is 614 g/mol. The van der Waals surface area contributed by atoms with Crippen molar-refractivity contribution in [2.75, 3.05) is 21.2 Å². The molecule has 2 heterocycles. The van der Waals surface area contributed by atoms with Crippen molar-refractivity contribution in [2.45, 2.75) is 37.5 Å². The lowest BCUT2D eigenvalue weighted by molar-refractivity contribution is -0.120. The van der Waals surface area contributed by atoms with E-state index in [2.05, 4.69) is 11.8 Å². The highest BCUT2D eigenvalue weighted by Gasteiger charge is 2.42. The molecule has 8 nitrogen and oxygen atoms in total. The SMILES string of the molecule is CCCN1/C(=C/C=C/C=C2C(=O)N(c3ccccc3)C(=S)N(c3ccccc3)C2=O)C(C)(C)c2cc(S(=O)(=O)O)ccc21. The highest BCUT2D eigenvalue weighted by atomic mass is 32.2. The fraction of sp³-hybridized carbons (Fsp3) is 0.182. The minimum Gasteiger partial charge on any atom is -0.344 e. The van der Waals surface area contributed by atoms with E-state index in [1.165, 1.54) is 28.0 Å². The molecule has 0 atom stereocenters. The van der Waals surface area contributed by atoms with Crippen LogP contribution in [0.1, 0.15) is 32.8 Å². The lowest BCUT2D eigenvalue weighted by Gasteiger charge is -2.36. The van der Waals surface area contributed by atoms with Crippen LogP contribution >= 0.6 is 12.2 Å².